The average Bonchev–Trinajstić information content (AvgIpc) is 2.47. The fourth-order valence-electron chi connectivity index (χ4n) is 2.29. The maximum absolute atomic E-state index is 5.78. The molecule has 2 nitrogen and oxygen atoms in total. The summed E-state index contributed by atoms with van der Waals surface area (Å²) < 4.78 is 7.95. The van der Waals surface area contributed by atoms with E-state index in [9.17, 15) is 0 Å². The van der Waals surface area contributed by atoms with Crippen molar-refractivity contribution in [1.82, 2.24) is 0 Å². The third-order valence-electron chi connectivity index (χ3n) is 3.35. The summed E-state index contributed by atoms with van der Waals surface area (Å²) in [4.78, 5) is 0. The largest absolute Gasteiger partial charge is 0.487 e. The van der Waals surface area contributed by atoms with Crippen molar-refractivity contribution in [2.75, 3.05) is 6.61 Å². The molecule has 2 aromatic carbocycles. The highest BCUT2D eigenvalue weighted by molar-refractivity contribution is 5.80. The fraction of sp³-hybridized carbons (Fsp3) is 0.167. The van der Waals surface area contributed by atoms with Crippen molar-refractivity contribution in [2.45, 2.75) is 13.5 Å². The Hall–Kier alpha value is -2.35. The van der Waals surface area contributed by atoms with Crippen LogP contribution < -0.4 is 9.30 Å². The zero-order chi connectivity index (χ0) is 13.8. The van der Waals surface area contributed by atoms with Crippen molar-refractivity contribution in [3.63, 3.8) is 0 Å². The van der Waals surface area contributed by atoms with Crippen LogP contribution >= 0.6 is 0 Å². The van der Waals surface area contributed by atoms with Crippen molar-refractivity contribution in [3.05, 3.63) is 72.6 Å². The van der Waals surface area contributed by atoms with Gasteiger partial charge in [0.1, 0.15) is 12.4 Å². The van der Waals surface area contributed by atoms with Crippen molar-refractivity contribution < 1.29 is 9.30 Å². The molecule has 3 aromatic rings. The Morgan fingerprint density at radius 2 is 1.80 bits per heavy atom. The van der Waals surface area contributed by atoms with Crippen LogP contribution in [0.2, 0.25) is 0 Å². The molecule has 0 aliphatic rings. The van der Waals surface area contributed by atoms with Crippen LogP contribution in [-0.2, 0) is 6.54 Å². The van der Waals surface area contributed by atoms with Gasteiger partial charge in [-0.05, 0) is 36.1 Å². The molecule has 0 saturated heterocycles. The van der Waals surface area contributed by atoms with E-state index in [1.165, 1.54) is 16.3 Å². The molecule has 0 unspecified atom stereocenters. The van der Waals surface area contributed by atoms with Crippen LogP contribution in [0.5, 0.6) is 5.75 Å². The number of aryl methyl sites for hydroxylation is 1. The fourth-order valence-corrected chi connectivity index (χ4v) is 2.29. The molecule has 1 aromatic heterocycles. The third kappa shape index (κ3) is 2.97. The van der Waals surface area contributed by atoms with Crippen molar-refractivity contribution in [3.8, 4) is 5.75 Å². The van der Waals surface area contributed by atoms with E-state index in [2.05, 4.69) is 66.3 Å². The Bertz CT molecular complexity index is 721. The number of hydrogen-bond acceptors (Lipinski definition) is 1. The summed E-state index contributed by atoms with van der Waals surface area (Å²) in [5.41, 5.74) is 1.22. The normalized spacial score (nSPS) is 10.7. The maximum atomic E-state index is 5.78. The Morgan fingerprint density at radius 3 is 2.65 bits per heavy atom. The van der Waals surface area contributed by atoms with Crippen LogP contribution in [0.3, 0.4) is 0 Å². The monoisotopic (exact) mass is 264 g/mol. The Morgan fingerprint density at radius 1 is 0.950 bits per heavy atom. The van der Waals surface area contributed by atoms with Gasteiger partial charge in [-0.2, -0.15) is 0 Å². The molecular weight excluding hydrogens is 246 g/mol. The lowest BCUT2D eigenvalue weighted by molar-refractivity contribution is -0.696. The predicted octanol–water partition coefficient (Wildman–Crippen LogP) is 3.51. The molecule has 20 heavy (non-hydrogen) atoms. The smallest absolute Gasteiger partial charge is 0.182 e. The van der Waals surface area contributed by atoms with Gasteiger partial charge < -0.3 is 4.74 Å². The van der Waals surface area contributed by atoms with Crippen LogP contribution in [0, 0.1) is 6.92 Å². The summed E-state index contributed by atoms with van der Waals surface area (Å²) in [5, 5.41) is 2.52. The van der Waals surface area contributed by atoms with Gasteiger partial charge in [0.15, 0.2) is 18.9 Å². The van der Waals surface area contributed by atoms with E-state index in [1.807, 2.05) is 12.1 Å². The number of rotatable bonds is 4. The molecule has 0 aliphatic carbocycles. The molecule has 0 bridgehead atoms. The number of fused-ring (bicyclic) bond motifs is 1. The van der Waals surface area contributed by atoms with Gasteiger partial charge in [-0.1, -0.05) is 30.3 Å². The van der Waals surface area contributed by atoms with Crippen molar-refractivity contribution in [1.29, 1.82) is 0 Å². The number of pyridine rings is 1. The Kier molecular flexibility index (Phi) is 3.64. The van der Waals surface area contributed by atoms with Gasteiger partial charge in [0, 0.05) is 11.5 Å². The Balaban J connectivity index is 1.65. The molecule has 0 radical (unpaired) electrons. The lowest BCUT2D eigenvalue weighted by atomic mass is 10.2. The zero-order valence-electron chi connectivity index (χ0n) is 11.6. The van der Waals surface area contributed by atoms with Crippen molar-refractivity contribution in [2.24, 2.45) is 0 Å². The molecule has 0 spiro atoms. The standard InChI is InChI=1S/C18H18NO/c1-15-5-4-8-18(13-15)20-12-11-19-10-9-16-6-2-3-7-17(16)14-19/h2-10,13-14H,11-12H2,1H3/q+1. The summed E-state index contributed by atoms with van der Waals surface area (Å²) in [5.74, 6) is 0.936. The maximum Gasteiger partial charge on any atom is 0.182 e. The van der Waals surface area contributed by atoms with Crippen LogP contribution in [0.25, 0.3) is 10.8 Å². The second kappa shape index (κ2) is 5.74. The summed E-state index contributed by atoms with van der Waals surface area (Å²) in [7, 11) is 0. The highest BCUT2D eigenvalue weighted by Crippen LogP contribution is 2.12. The lowest BCUT2D eigenvalue weighted by Gasteiger charge is -2.05. The summed E-state index contributed by atoms with van der Waals surface area (Å²) in [6.45, 7) is 3.59. The van der Waals surface area contributed by atoms with Gasteiger partial charge >= 0.3 is 0 Å². The number of nitrogens with zero attached hydrogens (tertiary/aromatic N) is 1. The van der Waals surface area contributed by atoms with E-state index < -0.39 is 0 Å². The van der Waals surface area contributed by atoms with E-state index in [4.69, 9.17) is 4.74 Å². The predicted molar refractivity (Wildman–Crippen MR) is 80.8 cm³/mol. The molecule has 0 saturated carbocycles. The van der Waals surface area contributed by atoms with Gasteiger partial charge in [-0.15, -0.1) is 0 Å². The quantitative estimate of drug-likeness (QED) is 0.657. The first-order chi connectivity index (χ1) is 9.81. The van der Waals surface area contributed by atoms with E-state index in [1.54, 1.807) is 0 Å². The van der Waals surface area contributed by atoms with Gasteiger partial charge in [-0.25, -0.2) is 4.57 Å². The van der Waals surface area contributed by atoms with Gasteiger partial charge in [0.25, 0.3) is 0 Å². The molecular formula is C18H18NO+. The highest BCUT2D eigenvalue weighted by Gasteiger charge is 2.03. The van der Waals surface area contributed by atoms with E-state index in [-0.39, 0.29) is 0 Å². The average molecular weight is 264 g/mol. The SMILES string of the molecule is Cc1cccc(OCC[n+]2ccc3ccccc3c2)c1. The molecule has 0 aliphatic heterocycles. The van der Waals surface area contributed by atoms with Gasteiger partial charge in [0.2, 0.25) is 0 Å². The van der Waals surface area contributed by atoms with Crippen molar-refractivity contribution >= 4 is 10.8 Å². The van der Waals surface area contributed by atoms with Crippen LogP contribution in [0.1, 0.15) is 5.56 Å². The minimum atomic E-state index is 0.673. The lowest BCUT2D eigenvalue weighted by Crippen LogP contribution is -2.35. The molecule has 0 atom stereocenters. The third-order valence-corrected chi connectivity index (χ3v) is 3.35. The molecule has 1 heterocycles. The number of hydrogen-bond donors (Lipinski definition) is 0. The van der Waals surface area contributed by atoms with Crippen LogP contribution in [-0.4, -0.2) is 6.61 Å². The summed E-state index contributed by atoms with van der Waals surface area (Å²) in [6.07, 6.45) is 4.26. The Labute approximate surface area is 119 Å². The minimum absolute atomic E-state index is 0.673. The molecule has 0 amide bonds. The molecule has 0 fully saturated rings. The minimum Gasteiger partial charge on any atom is -0.487 e. The first-order valence-electron chi connectivity index (χ1n) is 6.88. The molecule has 2 heteroatoms. The zero-order valence-corrected chi connectivity index (χ0v) is 11.6. The second-order valence-corrected chi connectivity index (χ2v) is 4.98. The number of ether oxygens (including phenoxy) is 1. The van der Waals surface area contributed by atoms with Crippen LogP contribution in [0.15, 0.2) is 67.0 Å². The first-order valence-corrected chi connectivity index (χ1v) is 6.88. The van der Waals surface area contributed by atoms with E-state index in [0.29, 0.717) is 6.61 Å². The number of benzene rings is 2. The van der Waals surface area contributed by atoms with E-state index >= 15 is 0 Å². The summed E-state index contributed by atoms with van der Waals surface area (Å²) in [6, 6.07) is 18.7. The molecule has 3 rings (SSSR count). The topological polar surface area (TPSA) is 13.1 Å². The van der Waals surface area contributed by atoms with Gasteiger partial charge in [-0.3, -0.25) is 0 Å². The highest BCUT2D eigenvalue weighted by atomic mass is 16.5. The van der Waals surface area contributed by atoms with Gasteiger partial charge in [0.05, 0.1) is 0 Å². The first kappa shape index (κ1) is 12.7. The summed E-state index contributed by atoms with van der Waals surface area (Å²) >= 11 is 0. The number of aromatic nitrogens is 1. The van der Waals surface area contributed by atoms with E-state index in [0.717, 1.165) is 12.3 Å². The second-order valence-electron chi connectivity index (χ2n) is 4.98. The molecule has 0 N–H and O–H groups in total. The van der Waals surface area contributed by atoms with Crippen LogP contribution in [0.4, 0.5) is 0 Å². The molecule has 100 valence electrons.